The number of fused-ring (bicyclic) bond motifs is 1. The van der Waals surface area contributed by atoms with Crippen molar-refractivity contribution in [3.8, 4) is 0 Å². The van der Waals surface area contributed by atoms with Crippen LogP contribution in [-0.4, -0.2) is 21.0 Å². The fraction of sp³-hybridized carbons (Fsp3) is 0.417. The molecule has 0 bridgehead atoms. The van der Waals surface area contributed by atoms with Crippen molar-refractivity contribution >= 4 is 11.2 Å². The van der Waals surface area contributed by atoms with Gasteiger partial charge in [0.1, 0.15) is 5.52 Å². The molecule has 0 aromatic carbocycles. The van der Waals surface area contributed by atoms with E-state index in [4.69, 9.17) is 5.73 Å². The monoisotopic (exact) mass is 216 g/mol. The minimum atomic E-state index is 0.140. The number of nitrogens with zero attached hydrogens (tertiary/aromatic N) is 3. The first-order valence-electron chi connectivity index (χ1n) is 5.49. The lowest BCUT2D eigenvalue weighted by molar-refractivity contribution is 0.487. The molecule has 2 aromatic rings. The van der Waals surface area contributed by atoms with Crippen LogP contribution < -0.4 is 5.73 Å². The van der Waals surface area contributed by atoms with Gasteiger partial charge in [-0.1, -0.05) is 13.8 Å². The van der Waals surface area contributed by atoms with E-state index in [9.17, 15) is 0 Å². The van der Waals surface area contributed by atoms with E-state index in [0.717, 1.165) is 17.6 Å². The minimum Gasteiger partial charge on any atom is -0.327 e. The van der Waals surface area contributed by atoms with E-state index in [0.29, 0.717) is 11.6 Å². The normalized spacial score (nSPS) is 13.2. The lowest BCUT2D eigenvalue weighted by atomic mass is 10.0. The zero-order valence-electron chi connectivity index (χ0n) is 9.59. The van der Waals surface area contributed by atoms with Crippen LogP contribution in [0.2, 0.25) is 0 Å². The van der Waals surface area contributed by atoms with Crippen molar-refractivity contribution in [3.05, 3.63) is 30.2 Å². The molecular formula is C12H16N4. The highest BCUT2D eigenvalue weighted by Crippen LogP contribution is 2.10. The molecular weight excluding hydrogens is 200 g/mol. The number of nitrogens with two attached hydrogens (primary N) is 1. The number of rotatable bonds is 3. The second-order valence-electron chi connectivity index (χ2n) is 4.31. The van der Waals surface area contributed by atoms with E-state index in [1.54, 1.807) is 12.4 Å². The summed E-state index contributed by atoms with van der Waals surface area (Å²) in [7, 11) is 0. The second-order valence-corrected chi connectivity index (χ2v) is 4.31. The minimum absolute atomic E-state index is 0.140. The number of hydrogen-bond acceptors (Lipinski definition) is 4. The predicted octanol–water partition coefficient (Wildman–Crippen LogP) is 1.55. The van der Waals surface area contributed by atoms with Crippen LogP contribution in [0.5, 0.6) is 0 Å². The van der Waals surface area contributed by atoms with Gasteiger partial charge in [-0.3, -0.25) is 4.98 Å². The first-order chi connectivity index (χ1) is 7.66. The van der Waals surface area contributed by atoms with Gasteiger partial charge >= 0.3 is 0 Å². The van der Waals surface area contributed by atoms with Crippen molar-refractivity contribution < 1.29 is 0 Å². The Kier molecular flexibility index (Phi) is 3.10. The van der Waals surface area contributed by atoms with Crippen LogP contribution >= 0.6 is 0 Å². The summed E-state index contributed by atoms with van der Waals surface area (Å²) in [5.74, 6) is 0.458. The van der Waals surface area contributed by atoms with Crippen LogP contribution in [0, 0.1) is 5.92 Å². The van der Waals surface area contributed by atoms with Gasteiger partial charge in [-0.25, -0.2) is 9.97 Å². The van der Waals surface area contributed by atoms with Crippen LogP contribution in [0.3, 0.4) is 0 Å². The average molecular weight is 216 g/mol. The Labute approximate surface area is 94.9 Å². The Morgan fingerprint density at radius 2 is 1.94 bits per heavy atom. The van der Waals surface area contributed by atoms with Crippen molar-refractivity contribution in [2.24, 2.45) is 11.7 Å². The van der Waals surface area contributed by atoms with Gasteiger partial charge in [-0.15, -0.1) is 0 Å². The molecule has 2 aromatic heterocycles. The Morgan fingerprint density at radius 1 is 1.19 bits per heavy atom. The number of aromatic nitrogens is 3. The maximum absolute atomic E-state index is 6.02. The van der Waals surface area contributed by atoms with Gasteiger partial charge in [0.25, 0.3) is 0 Å². The first kappa shape index (κ1) is 11.0. The Morgan fingerprint density at radius 3 is 2.69 bits per heavy atom. The number of hydrogen-bond donors (Lipinski definition) is 1. The lowest BCUT2D eigenvalue weighted by Crippen LogP contribution is -2.29. The quantitative estimate of drug-likeness (QED) is 0.845. The lowest BCUT2D eigenvalue weighted by Gasteiger charge is -2.14. The zero-order chi connectivity index (χ0) is 11.5. The molecule has 16 heavy (non-hydrogen) atoms. The van der Waals surface area contributed by atoms with E-state index in [1.807, 2.05) is 12.1 Å². The molecule has 0 spiro atoms. The smallest absolute Gasteiger partial charge is 0.178 e. The van der Waals surface area contributed by atoms with E-state index in [-0.39, 0.29) is 6.04 Å². The first-order valence-corrected chi connectivity index (χ1v) is 5.49. The Balaban J connectivity index is 2.26. The fourth-order valence-electron chi connectivity index (χ4n) is 1.48. The van der Waals surface area contributed by atoms with Crippen LogP contribution in [0.15, 0.2) is 24.5 Å². The Bertz CT molecular complexity index is 481. The van der Waals surface area contributed by atoms with Crippen LogP contribution in [0.1, 0.15) is 19.5 Å². The summed E-state index contributed by atoms with van der Waals surface area (Å²) in [6.45, 7) is 4.23. The molecule has 0 saturated carbocycles. The molecule has 4 heteroatoms. The summed E-state index contributed by atoms with van der Waals surface area (Å²) in [4.78, 5) is 12.8. The molecule has 2 rings (SSSR count). The third kappa shape index (κ3) is 2.33. The summed E-state index contributed by atoms with van der Waals surface area (Å²) in [6.07, 6.45) is 4.11. The molecule has 0 radical (unpaired) electrons. The van der Waals surface area contributed by atoms with Gasteiger partial charge in [0.2, 0.25) is 0 Å². The van der Waals surface area contributed by atoms with Gasteiger partial charge < -0.3 is 5.73 Å². The predicted molar refractivity (Wildman–Crippen MR) is 63.9 cm³/mol. The largest absolute Gasteiger partial charge is 0.327 e. The molecule has 2 N–H and O–H groups in total. The Hall–Kier alpha value is -1.55. The summed E-state index contributed by atoms with van der Waals surface area (Å²) in [6, 6.07) is 4.05. The molecule has 0 aliphatic carbocycles. The van der Waals surface area contributed by atoms with E-state index >= 15 is 0 Å². The second kappa shape index (κ2) is 4.53. The molecule has 0 saturated heterocycles. The van der Waals surface area contributed by atoms with E-state index < -0.39 is 0 Å². The molecule has 1 unspecified atom stereocenters. The highest BCUT2D eigenvalue weighted by molar-refractivity contribution is 5.68. The molecule has 4 nitrogen and oxygen atoms in total. The molecule has 0 fully saturated rings. The highest BCUT2D eigenvalue weighted by atomic mass is 14.9. The summed E-state index contributed by atoms with van der Waals surface area (Å²) < 4.78 is 0. The fourth-order valence-corrected chi connectivity index (χ4v) is 1.48. The van der Waals surface area contributed by atoms with Gasteiger partial charge in [0.05, 0.1) is 0 Å². The highest BCUT2D eigenvalue weighted by Gasteiger charge is 2.10. The average Bonchev–Trinajstić information content (AvgIpc) is 2.28. The molecule has 0 amide bonds. The van der Waals surface area contributed by atoms with Crippen LogP contribution in [0.4, 0.5) is 0 Å². The topological polar surface area (TPSA) is 64.7 Å². The van der Waals surface area contributed by atoms with Gasteiger partial charge in [0, 0.05) is 30.6 Å². The van der Waals surface area contributed by atoms with Crippen LogP contribution in [0.25, 0.3) is 11.2 Å². The van der Waals surface area contributed by atoms with Gasteiger partial charge in [-0.2, -0.15) is 0 Å². The standard InChI is InChI=1S/C12H16N4/c1-8(2)10(13)7-9-3-4-11-12(16-9)15-6-5-14-11/h3-6,8,10H,7,13H2,1-2H3. The van der Waals surface area contributed by atoms with Crippen molar-refractivity contribution in [3.63, 3.8) is 0 Å². The third-order valence-corrected chi connectivity index (χ3v) is 2.69. The van der Waals surface area contributed by atoms with E-state index in [1.165, 1.54) is 0 Å². The maximum atomic E-state index is 6.02. The number of pyridine rings is 1. The summed E-state index contributed by atoms with van der Waals surface area (Å²) in [5.41, 5.74) is 8.51. The van der Waals surface area contributed by atoms with Crippen molar-refractivity contribution in [1.29, 1.82) is 0 Å². The van der Waals surface area contributed by atoms with Crippen molar-refractivity contribution in [1.82, 2.24) is 15.0 Å². The molecule has 84 valence electrons. The molecule has 1 atom stereocenters. The van der Waals surface area contributed by atoms with Crippen molar-refractivity contribution in [2.75, 3.05) is 0 Å². The summed E-state index contributed by atoms with van der Waals surface area (Å²) >= 11 is 0. The van der Waals surface area contributed by atoms with Crippen LogP contribution in [-0.2, 0) is 6.42 Å². The molecule has 2 heterocycles. The van der Waals surface area contributed by atoms with Gasteiger partial charge in [-0.05, 0) is 18.1 Å². The third-order valence-electron chi connectivity index (χ3n) is 2.69. The van der Waals surface area contributed by atoms with Crippen molar-refractivity contribution in [2.45, 2.75) is 26.3 Å². The molecule has 0 aliphatic rings. The zero-order valence-corrected chi connectivity index (χ0v) is 9.59. The molecule has 0 aliphatic heterocycles. The van der Waals surface area contributed by atoms with E-state index in [2.05, 4.69) is 28.8 Å². The van der Waals surface area contributed by atoms with Gasteiger partial charge in [0.15, 0.2) is 5.65 Å². The summed E-state index contributed by atoms with van der Waals surface area (Å²) in [5, 5.41) is 0. The maximum Gasteiger partial charge on any atom is 0.178 e. The SMILES string of the molecule is CC(C)C(N)Cc1ccc2nccnc2n1.